The molecule has 32 heavy (non-hydrogen) atoms. The Balaban J connectivity index is 1.42. The third kappa shape index (κ3) is 5.35. The van der Waals surface area contributed by atoms with Crippen molar-refractivity contribution in [3.8, 4) is 11.3 Å². The van der Waals surface area contributed by atoms with Gasteiger partial charge >= 0.3 is 0 Å². The summed E-state index contributed by atoms with van der Waals surface area (Å²) < 4.78 is 33.8. The van der Waals surface area contributed by atoms with E-state index in [1.165, 1.54) is 16.8 Å². The molecule has 1 fully saturated rings. The van der Waals surface area contributed by atoms with Crippen LogP contribution in [-0.2, 0) is 11.3 Å². The lowest BCUT2D eigenvalue weighted by Gasteiger charge is -2.26. The van der Waals surface area contributed by atoms with Crippen molar-refractivity contribution < 1.29 is 18.3 Å². The molecule has 1 saturated heterocycles. The van der Waals surface area contributed by atoms with Gasteiger partial charge < -0.3 is 10.1 Å². The molecule has 9 heteroatoms. The molecule has 168 valence electrons. The maximum atomic E-state index is 13.9. The highest BCUT2D eigenvalue weighted by Crippen LogP contribution is 2.21. The summed E-state index contributed by atoms with van der Waals surface area (Å²) in [5.41, 5.74) is 3.05. The number of aromatic nitrogens is 3. The summed E-state index contributed by atoms with van der Waals surface area (Å²) >= 11 is 0. The molecule has 1 amide bonds. The highest BCUT2D eigenvalue weighted by atomic mass is 19.1. The summed E-state index contributed by atoms with van der Waals surface area (Å²) in [5, 5.41) is 11.2. The van der Waals surface area contributed by atoms with Gasteiger partial charge in [-0.3, -0.25) is 9.69 Å². The van der Waals surface area contributed by atoms with Crippen molar-refractivity contribution in [1.82, 2.24) is 25.2 Å². The number of carbonyl (C=O) groups is 1. The van der Waals surface area contributed by atoms with Crippen LogP contribution in [0.25, 0.3) is 11.3 Å². The lowest BCUT2D eigenvalue weighted by atomic mass is 10.0. The van der Waals surface area contributed by atoms with E-state index in [1.807, 2.05) is 19.1 Å². The summed E-state index contributed by atoms with van der Waals surface area (Å²) in [5.74, 6) is -1.40. The molecule has 1 aromatic heterocycles. The Morgan fingerprint density at radius 2 is 1.97 bits per heavy atom. The van der Waals surface area contributed by atoms with E-state index in [9.17, 15) is 13.6 Å². The molecule has 0 aliphatic carbocycles. The second-order valence-electron chi connectivity index (χ2n) is 7.78. The van der Waals surface area contributed by atoms with E-state index in [-0.39, 0.29) is 12.5 Å². The molecule has 3 aromatic rings. The quantitative estimate of drug-likeness (QED) is 0.610. The van der Waals surface area contributed by atoms with Crippen molar-refractivity contribution in [3.63, 3.8) is 0 Å². The van der Waals surface area contributed by atoms with Crippen molar-refractivity contribution >= 4 is 5.91 Å². The van der Waals surface area contributed by atoms with E-state index in [4.69, 9.17) is 4.74 Å². The summed E-state index contributed by atoms with van der Waals surface area (Å²) in [6, 6.07) is 8.96. The maximum Gasteiger partial charge on any atom is 0.251 e. The van der Waals surface area contributed by atoms with Crippen molar-refractivity contribution in [2.45, 2.75) is 13.5 Å². The van der Waals surface area contributed by atoms with Crippen molar-refractivity contribution in [2.24, 2.45) is 0 Å². The van der Waals surface area contributed by atoms with Crippen LogP contribution in [0.4, 0.5) is 8.78 Å². The zero-order valence-electron chi connectivity index (χ0n) is 17.9. The van der Waals surface area contributed by atoms with Gasteiger partial charge in [-0.25, -0.2) is 13.5 Å². The number of morpholine rings is 1. The van der Waals surface area contributed by atoms with Crippen LogP contribution < -0.4 is 5.32 Å². The second-order valence-corrected chi connectivity index (χ2v) is 7.78. The fourth-order valence-corrected chi connectivity index (χ4v) is 3.61. The van der Waals surface area contributed by atoms with Gasteiger partial charge in [-0.05, 0) is 24.6 Å². The minimum absolute atomic E-state index is 0.125. The van der Waals surface area contributed by atoms with Gasteiger partial charge in [0.15, 0.2) is 0 Å². The smallest absolute Gasteiger partial charge is 0.251 e. The lowest BCUT2D eigenvalue weighted by molar-refractivity contribution is 0.0383. The Kier molecular flexibility index (Phi) is 6.87. The number of hydrogen-bond acceptors (Lipinski definition) is 5. The third-order valence-electron chi connectivity index (χ3n) is 5.48. The Bertz CT molecular complexity index is 1100. The number of halogens is 2. The highest BCUT2D eigenvalue weighted by molar-refractivity contribution is 5.96. The van der Waals surface area contributed by atoms with Gasteiger partial charge in [0.25, 0.3) is 5.91 Å². The standard InChI is InChI=1S/C23H25F2N5O2/c1-16-2-3-17(12-20(16)23(31)26-6-7-29-8-10-32-11-9-29)22-15-30(28-27-22)14-18-4-5-19(24)13-21(18)25/h2-5,12-13,15H,6-11,14H2,1H3,(H,26,31). The Morgan fingerprint density at radius 1 is 1.16 bits per heavy atom. The molecule has 0 saturated carbocycles. The Hall–Kier alpha value is -3.17. The van der Waals surface area contributed by atoms with Gasteiger partial charge in [0.2, 0.25) is 0 Å². The van der Waals surface area contributed by atoms with Crippen LogP contribution >= 0.6 is 0 Å². The van der Waals surface area contributed by atoms with E-state index in [1.54, 1.807) is 12.3 Å². The molecular formula is C23H25F2N5O2. The average molecular weight is 441 g/mol. The van der Waals surface area contributed by atoms with Crippen LogP contribution in [0.15, 0.2) is 42.6 Å². The molecular weight excluding hydrogens is 416 g/mol. The lowest BCUT2D eigenvalue weighted by Crippen LogP contribution is -2.41. The zero-order chi connectivity index (χ0) is 22.5. The fraction of sp³-hybridized carbons (Fsp3) is 0.348. The molecule has 0 unspecified atom stereocenters. The zero-order valence-corrected chi connectivity index (χ0v) is 17.9. The normalized spacial score (nSPS) is 14.5. The number of hydrogen-bond donors (Lipinski definition) is 1. The minimum atomic E-state index is -0.631. The first-order valence-electron chi connectivity index (χ1n) is 10.5. The monoisotopic (exact) mass is 441 g/mol. The number of benzene rings is 2. The van der Waals surface area contributed by atoms with Crippen LogP contribution in [0, 0.1) is 18.6 Å². The number of amides is 1. The Morgan fingerprint density at radius 3 is 2.75 bits per heavy atom. The molecule has 1 aliphatic rings. The first-order chi connectivity index (χ1) is 15.5. The first kappa shape index (κ1) is 22.0. The van der Waals surface area contributed by atoms with Crippen LogP contribution in [0.5, 0.6) is 0 Å². The van der Waals surface area contributed by atoms with E-state index < -0.39 is 11.6 Å². The predicted octanol–water partition coefficient (Wildman–Crippen LogP) is 2.64. The molecule has 0 bridgehead atoms. The van der Waals surface area contributed by atoms with Crippen LogP contribution in [0.1, 0.15) is 21.5 Å². The molecule has 0 atom stereocenters. The highest BCUT2D eigenvalue weighted by Gasteiger charge is 2.14. The number of ether oxygens (including phenoxy) is 1. The van der Waals surface area contributed by atoms with E-state index in [2.05, 4.69) is 20.5 Å². The van der Waals surface area contributed by atoms with Crippen LogP contribution in [0.3, 0.4) is 0 Å². The molecule has 2 heterocycles. The Labute approximate surface area is 185 Å². The molecule has 1 aliphatic heterocycles. The van der Waals surface area contributed by atoms with E-state index >= 15 is 0 Å². The van der Waals surface area contributed by atoms with Crippen molar-refractivity contribution in [1.29, 1.82) is 0 Å². The SMILES string of the molecule is Cc1ccc(-c2cn(Cc3ccc(F)cc3F)nn2)cc1C(=O)NCCN1CCOCC1. The number of aryl methyl sites for hydroxylation is 1. The molecule has 0 spiro atoms. The van der Waals surface area contributed by atoms with Gasteiger partial charge in [0.1, 0.15) is 17.3 Å². The number of nitrogens with zero attached hydrogens (tertiary/aromatic N) is 4. The molecule has 2 aromatic carbocycles. The fourth-order valence-electron chi connectivity index (χ4n) is 3.61. The van der Waals surface area contributed by atoms with Gasteiger partial charge in [-0.1, -0.05) is 23.4 Å². The summed E-state index contributed by atoms with van der Waals surface area (Å²) in [4.78, 5) is 15.0. The van der Waals surface area contributed by atoms with E-state index in [0.717, 1.165) is 50.0 Å². The van der Waals surface area contributed by atoms with Crippen LogP contribution in [0.2, 0.25) is 0 Å². The van der Waals surface area contributed by atoms with Gasteiger partial charge in [-0.15, -0.1) is 5.10 Å². The second kappa shape index (κ2) is 9.97. The molecule has 4 rings (SSSR count). The van der Waals surface area contributed by atoms with Crippen molar-refractivity contribution in [2.75, 3.05) is 39.4 Å². The largest absolute Gasteiger partial charge is 0.379 e. The summed E-state index contributed by atoms with van der Waals surface area (Å²) in [6.45, 7) is 6.55. The van der Waals surface area contributed by atoms with Crippen molar-refractivity contribution in [3.05, 3.63) is 70.9 Å². The minimum Gasteiger partial charge on any atom is -0.379 e. The number of nitrogens with one attached hydrogen (secondary N) is 1. The number of carbonyl (C=O) groups excluding carboxylic acids is 1. The molecule has 1 N–H and O–H groups in total. The van der Waals surface area contributed by atoms with Crippen LogP contribution in [-0.4, -0.2) is 65.2 Å². The number of rotatable bonds is 7. The summed E-state index contributed by atoms with van der Waals surface area (Å²) in [6.07, 6.45) is 1.67. The average Bonchev–Trinajstić information content (AvgIpc) is 3.25. The topological polar surface area (TPSA) is 72.3 Å². The molecule has 7 nitrogen and oxygen atoms in total. The first-order valence-corrected chi connectivity index (χ1v) is 10.5. The molecule has 0 radical (unpaired) electrons. The third-order valence-corrected chi connectivity index (χ3v) is 5.48. The van der Waals surface area contributed by atoms with Gasteiger partial charge in [0, 0.05) is 48.9 Å². The summed E-state index contributed by atoms with van der Waals surface area (Å²) in [7, 11) is 0. The van der Waals surface area contributed by atoms with Gasteiger partial charge in [0.05, 0.1) is 26.0 Å². The predicted molar refractivity (Wildman–Crippen MR) is 115 cm³/mol. The van der Waals surface area contributed by atoms with Gasteiger partial charge in [-0.2, -0.15) is 0 Å². The van der Waals surface area contributed by atoms with E-state index in [0.29, 0.717) is 23.4 Å². The maximum absolute atomic E-state index is 13.9.